The lowest BCUT2D eigenvalue weighted by Gasteiger charge is -2.14. The summed E-state index contributed by atoms with van der Waals surface area (Å²) in [6.07, 6.45) is 3.31. The molecule has 1 N–H and O–H groups in total. The minimum atomic E-state index is -0.357. The molecule has 4 heteroatoms. The second-order valence-corrected chi connectivity index (χ2v) is 4.53. The van der Waals surface area contributed by atoms with Gasteiger partial charge < -0.3 is 4.98 Å². The van der Waals surface area contributed by atoms with E-state index >= 15 is 0 Å². The summed E-state index contributed by atoms with van der Waals surface area (Å²) in [5, 5.41) is 8.73. The Kier molecular flexibility index (Phi) is 2.27. The van der Waals surface area contributed by atoms with Crippen LogP contribution in [0.25, 0.3) is 0 Å². The third kappa shape index (κ3) is 1.52. The molecule has 1 aliphatic rings. The maximum atomic E-state index is 11.7. The van der Waals surface area contributed by atoms with Crippen molar-refractivity contribution in [2.24, 2.45) is 0 Å². The zero-order valence-corrected chi connectivity index (χ0v) is 9.68. The van der Waals surface area contributed by atoms with Crippen LogP contribution >= 0.6 is 0 Å². The summed E-state index contributed by atoms with van der Waals surface area (Å²) in [4.78, 5) is 18.6. The third-order valence-corrected chi connectivity index (χ3v) is 3.45. The molecule has 1 heterocycles. The molecular weight excluding hydrogens is 226 g/mol. The van der Waals surface area contributed by atoms with Crippen LogP contribution in [0.4, 0.5) is 0 Å². The van der Waals surface area contributed by atoms with Crippen LogP contribution in [0.3, 0.4) is 0 Å². The highest BCUT2D eigenvalue weighted by Crippen LogP contribution is 2.51. The van der Waals surface area contributed by atoms with Gasteiger partial charge in [-0.15, -0.1) is 0 Å². The fourth-order valence-electron chi connectivity index (χ4n) is 2.26. The number of rotatable bonds is 2. The van der Waals surface area contributed by atoms with Crippen LogP contribution in [0.1, 0.15) is 29.8 Å². The molecule has 0 spiro atoms. The number of H-pyrrole nitrogens is 1. The van der Waals surface area contributed by atoms with Crippen LogP contribution in [0.5, 0.6) is 0 Å². The van der Waals surface area contributed by atoms with Crippen LogP contribution in [-0.4, -0.2) is 9.97 Å². The Morgan fingerprint density at radius 3 is 2.56 bits per heavy atom. The first kappa shape index (κ1) is 10.7. The van der Waals surface area contributed by atoms with Crippen molar-refractivity contribution >= 4 is 0 Å². The van der Waals surface area contributed by atoms with Gasteiger partial charge in [0.2, 0.25) is 0 Å². The van der Waals surface area contributed by atoms with Gasteiger partial charge in [0, 0.05) is 0 Å². The van der Waals surface area contributed by atoms with Crippen molar-refractivity contribution < 1.29 is 0 Å². The van der Waals surface area contributed by atoms with E-state index in [-0.39, 0.29) is 16.5 Å². The van der Waals surface area contributed by atoms with Crippen molar-refractivity contribution in [1.29, 1.82) is 5.26 Å². The van der Waals surface area contributed by atoms with E-state index in [2.05, 4.69) is 9.97 Å². The number of nitrogens with zero attached hydrogens (tertiary/aromatic N) is 2. The van der Waals surface area contributed by atoms with E-state index in [1.54, 1.807) is 0 Å². The van der Waals surface area contributed by atoms with Gasteiger partial charge in [0.25, 0.3) is 5.56 Å². The monoisotopic (exact) mass is 237 g/mol. The molecule has 1 saturated carbocycles. The quantitative estimate of drug-likeness (QED) is 0.864. The molecule has 0 atom stereocenters. The molecule has 0 amide bonds. The Labute approximate surface area is 104 Å². The van der Waals surface area contributed by atoms with Gasteiger partial charge in [-0.3, -0.25) is 4.79 Å². The number of benzene rings is 1. The first-order valence-electron chi connectivity index (χ1n) is 5.82. The van der Waals surface area contributed by atoms with Gasteiger partial charge in [0.15, 0.2) is 0 Å². The molecule has 18 heavy (non-hydrogen) atoms. The highest BCUT2D eigenvalue weighted by Gasteiger charge is 2.48. The number of aromatic nitrogens is 2. The first-order valence-corrected chi connectivity index (χ1v) is 5.82. The largest absolute Gasteiger partial charge is 0.309 e. The highest BCUT2D eigenvalue weighted by molar-refractivity contribution is 5.39. The van der Waals surface area contributed by atoms with Crippen molar-refractivity contribution in [2.75, 3.05) is 0 Å². The van der Waals surface area contributed by atoms with E-state index < -0.39 is 0 Å². The molecule has 0 saturated heterocycles. The SMILES string of the molecule is N#Cc1cnc(C2(c3ccccc3)CC2)[nH]c1=O. The topological polar surface area (TPSA) is 69.5 Å². The molecule has 1 aromatic heterocycles. The van der Waals surface area contributed by atoms with Crippen LogP contribution in [0, 0.1) is 11.3 Å². The predicted molar refractivity (Wildman–Crippen MR) is 66.0 cm³/mol. The average Bonchev–Trinajstić information content (AvgIpc) is 3.21. The summed E-state index contributed by atoms with van der Waals surface area (Å²) < 4.78 is 0. The molecule has 88 valence electrons. The molecule has 0 aliphatic heterocycles. The van der Waals surface area contributed by atoms with Gasteiger partial charge >= 0.3 is 0 Å². The lowest BCUT2D eigenvalue weighted by atomic mass is 9.95. The van der Waals surface area contributed by atoms with Gasteiger partial charge in [-0.2, -0.15) is 5.26 Å². The number of aromatic amines is 1. The molecule has 1 aliphatic carbocycles. The zero-order chi connectivity index (χ0) is 12.6. The molecule has 0 radical (unpaired) electrons. The fourth-order valence-corrected chi connectivity index (χ4v) is 2.26. The normalized spacial score (nSPS) is 15.9. The smallest absolute Gasteiger partial charge is 0.268 e. The lowest BCUT2D eigenvalue weighted by Crippen LogP contribution is -2.21. The summed E-state index contributed by atoms with van der Waals surface area (Å²) in [6, 6.07) is 11.9. The number of nitrogens with one attached hydrogen (secondary N) is 1. The molecular formula is C14H11N3O. The van der Waals surface area contributed by atoms with E-state index in [0.29, 0.717) is 5.82 Å². The Bertz CT molecular complexity index is 678. The molecule has 3 rings (SSSR count). The third-order valence-electron chi connectivity index (χ3n) is 3.45. The maximum Gasteiger partial charge on any atom is 0.268 e. The summed E-state index contributed by atoms with van der Waals surface area (Å²) >= 11 is 0. The maximum absolute atomic E-state index is 11.7. The molecule has 4 nitrogen and oxygen atoms in total. The van der Waals surface area contributed by atoms with Crippen LogP contribution in [0.15, 0.2) is 41.3 Å². The minimum Gasteiger partial charge on any atom is -0.309 e. The summed E-state index contributed by atoms with van der Waals surface area (Å²) in [6.45, 7) is 0. The van der Waals surface area contributed by atoms with Crippen LogP contribution in [-0.2, 0) is 5.41 Å². The van der Waals surface area contributed by atoms with Gasteiger partial charge in [-0.25, -0.2) is 4.98 Å². The Morgan fingerprint density at radius 1 is 1.28 bits per heavy atom. The predicted octanol–water partition coefficient (Wildman–Crippen LogP) is 1.72. The second-order valence-electron chi connectivity index (χ2n) is 4.53. The Morgan fingerprint density at radius 2 is 2.00 bits per heavy atom. The minimum absolute atomic E-state index is 0.0580. The zero-order valence-electron chi connectivity index (χ0n) is 9.68. The van der Waals surface area contributed by atoms with E-state index in [9.17, 15) is 4.79 Å². The Balaban J connectivity index is 2.09. The van der Waals surface area contributed by atoms with Gasteiger partial charge in [0.1, 0.15) is 17.5 Å². The lowest BCUT2D eigenvalue weighted by molar-refractivity contribution is 0.746. The van der Waals surface area contributed by atoms with Gasteiger partial charge in [-0.1, -0.05) is 30.3 Å². The average molecular weight is 237 g/mol. The summed E-state index contributed by atoms with van der Waals surface area (Å²) in [5.41, 5.74) is 0.708. The summed E-state index contributed by atoms with van der Waals surface area (Å²) in [5.74, 6) is 0.665. The second kappa shape index (κ2) is 3.81. The van der Waals surface area contributed by atoms with Crippen LogP contribution in [0.2, 0.25) is 0 Å². The number of hydrogen-bond acceptors (Lipinski definition) is 3. The molecule has 0 bridgehead atoms. The van der Waals surface area contributed by atoms with Crippen molar-refractivity contribution in [1.82, 2.24) is 9.97 Å². The summed E-state index contributed by atoms with van der Waals surface area (Å²) in [7, 11) is 0. The highest BCUT2D eigenvalue weighted by atomic mass is 16.1. The van der Waals surface area contributed by atoms with Crippen molar-refractivity contribution in [3.8, 4) is 6.07 Å². The van der Waals surface area contributed by atoms with Gasteiger partial charge in [0.05, 0.1) is 11.6 Å². The number of hydrogen-bond donors (Lipinski definition) is 1. The van der Waals surface area contributed by atoms with E-state index in [1.165, 1.54) is 6.20 Å². The fraction of sp³-hybridized carbons (Fsp3) is 0.214. The molecule has 1 aromatic carbocycles. The van der Waals surface area contributed by atoms with Crippen molar-refractivity contribution in [3.63, 3.8) is 0 Å². The van der Waals surface area contributed by atoms with E-state index in [0.717, 1.165) is 18.4 Å². The van der Waals surface area contributed by atoms with Crippen molar-refractivity contribution in [3.05, 3.63) is 63.8 Å². The first-order chi connectivity index (χ1) is 8.76. The Hall–Kier alpha value is -2.41. The van der Waals surface area contributed by atoms with E-state index in [1.807, 2.05) is 36.4 Å². The van der Waals surface area contributed by atoms with E-state index in [4.69, 9.17) is 5.26 Å². The molecule has 2 aromatic rings. The molecule has 1 fully saturated rings. The van der Waals surface area contributed by atoms with Gasteiger partial charge in [-0.05, 0) is 18.4 Å². The van der Waals surface area contributed by atoms with Crippen molar-refractivity contribution in [2.45, 2.75) is 18.3 Å². The standard InChI is InChI=1S/C14H11N3O/c15-8-10-9-16-13(17-12(10)18)14(6-7-14)11-4-2-1-3-5-11/h1-5,9H,6-7H2,(H,16,17,18). The molecule has 0 unspecified atom stereocenters. The van der Waals surface area contributed by atoms with Crippen LogP contribution < -0.4 is 5.56 Å². The number of nitriles is 1.